The molecule has 0 fully saturated rings. The predicted octanol–water partition coefficient (Wildman–Crippen LogP) is 3.69. The molecule has 0 saturated carbocycles. The van der Waals surface area contributed by atoms with Crippen molar-refractivity contribution in [1.29, 1.82) is 0 Å². The zero-order valence-electron chi connectivity index (χ0n) is 15.2. The molecule has 3 rings (SSSR count). The third kappa shape index (κ3) is 3.33. The summed E-state index contributed by atoms with van der Waals surface area (Å²) >= 11 is 0. The van der Waals surface area contributed by atoms with Gasteiger partial charge in [0.25, 0.3) is 11.8 Å². The van der Waals surface area contributed by atoms with E-state index in [1.54, 1.807) is 0 Å². The van der Waals surface area contributed by atoms with Crippen LogP contribution in [0.2, 0.25) is 0 Å². The van der Waals surface area contributed by atoms with Gasteiger partial charge in [0.1, 0.15) is 11.4 Å². The first-order chi connectivity index (χ1) is 12.5. The summed E-state index contributed by atoms with van der Waals surface area (Å²) in [6.45, 7) is 6.15. The van der Waals surface area contributed by atoms with Crippen molar-refractivity contribution in [2.45, 2.75) is 26.8 Å². The molecule has 1 heterocycles. The summed E-state index contributed by atoms with van der Waals surface area (Å²) in [7, 11) is 0. The Balaban J connectivity index is 2.04. The molecule has 5 heteroatoms. The van der Waals surface area contributed by atoms with Crippen molar-refractivity contribution < 1.29 is 14.3 Å². The quantitative estimate of drug-likeness (QED) is 0.808. The Labute approximate surface area is 153 Å². The molecule has 26 heavy (non-hydrogen) atoms. The lowest BCUT2D eigenvalue weighted by molar-refractivity contribution is -0.138. The van der Waals surface area contributed by atoms with Crippen molar-refractivity contribution in [2.24, 2.45) is 0 Å². The summed E-state index contributed by atoms with van der Waals surface area (Å²) in [6, 6.07) is 16.4. The number of imide groups is 1. The van der Waals surface area contributed by atoms with Gasteiger partial charge in [0.2, 0.25) is 0 Å². The maximum atomic E-state index is 12.9. The van der Waals surface area contributed by atoms with Crippen molar-refractivity contribution in [1.82, 2.24) is 4.90 Å². The molecule has 0 atom stereocenters. The van der Waals surface area contributed by atoms with Gasteiger partial charge < -0.3 is 10.1 Å². The van der Waals surface area contributed by atoms with Gasteiger partial charge in [-0.2, -0.15) is 0 Å². The largest absolute Gasteiger partial charge is 0.494 e. The van der Waals surface area contributed by atoms with E-state index < -0.39 is 0 Å². The van der Waals surface area contributed by atoms with Crippen LogP contribution < -0.4 is 10.1 Å². The molecule has 1 N–H and O–H groups in total. The highest BCUT2D eigenvalue weighted by Crippen LogP contribution is 2.32. The van der Waals surface area contributed by atoms with Gasteiger partial charge in [-0.3, -0.25) is 14.5 Å². The molecule has 0 bridgehead atoms. The van der Waals surface area contributed by atoms with E-state index >= 15 is 0 Å². The number of hydrogen-bond donors (Lipinski definition) is 1. The number of anilines is 1. The normalized spacial score (nSPS) is 14.4. The Hall–Kier alpha value is -3.08. The van der Waals surface area contributed by atoms with Gasteiger partial charge in [-0.25, -0.2) is 0 Å². The third-order valence-corrected chi connectivity index (χ3v) is 4.13. The number of carbonyl (C=O) groups is 2. The molecular weight excluding hydrogens is 328 g/mol. The lowest BCUT2D eigenvalue weighted by Crippen LogP contribution is -2.38. The van der Waals surface area contributed by atoms with Crippen LogP contribution in [-0.2, 0) is 9.59 Å². The van der Waals surface area contributed by atoms with Crippen LogP contribution in [0.5, 0.6) is 5.75 Å². The van der Waals surface area contributed by atoms with Crippen LogP contribution in [-0.4, -0.2) is 29.4 Å². The molecular formula is C21H22N2O3. The summed E-state index contributed by atoms with van der Waals surface area (Å²) in [4.78, 5) is 27.1. The van der Waals surface area contributed by atoms with Crippen LogP contribution in [0.25, 0.3) is 5.57 Å². The summed E-state index contributed by atoms with van der Waals surface area (Å²) in [5, 5.41) is 3.13. The van der Waals surface area contributed by atoms with Crippen LogP contribution >= 0.6 is 0 Å². The predicted molar refractivity (Wildman–Crippen MR) is 102 cm³/mol. The van der Waals surface area contributed by atoms with Gasteiger partial charge in [0.15, 0.2) is 0 Å². The molecule has 2 aromatic rings. The second-order valence-electron chi connectivity index (χ2n) is 6.27. The number of ether oxygens (including phenoxy) is 1. The molecule has 0 aromatic heterocycles. The summed E-state index contributed by atoms with van der Waals surface area (Å²) in [5.74, 6) is 0.136. The fraction of sp³-hybridized carbons (Fsp3) is 0.238. The lowest BCUT2D eigenvalue weighted by atomic mass is 10.0. The summed E-state index contributed by atoms with van der Waals surface area (Å²) < 4.78 is 5.46. The van der Waals surface area contributed by atoms with Crippen molar-refractivity contribution in [3.8, 4) is 5.75 Å². The lowest BCUT2D eigenvalue weighted by Gasteiger charge is -2.19. The first-order valence-electron chi connectivity index (χ1n) is 8.70. The van der Waals surface area contributed by atoms with Gasteiger partial charge in [-0.15, -0.1) is 0 Å². The molecule has 2 aromatic carbocycles. The number of rotatable bonds is 6. The number of benzene rings is 2. The van der Waals surface area contributed by atoms with Crippen molar-refractivity contribution in [3.63, 3.8) is 0 Å². The van der Waals surface area contributed by atoms with E-state index in [-0.39, 0.29) is 17.9 Å². The highest BCUT2D eigenvalue weighted by molar-refractivity contribution is 6.36. The van der Waals surface area contributed by atoms with Crippen LogP contribution in [0, 0.1) is 0 Å². The zero-order valence-corrected chi connectivity index (χ0v) is 15.2. The molecule has 1 aliphatic heterocycles. The van der Waals surface area contributed by atoms with E-state index in [2.05, 4.69) is 5.32 Å². The average Bonchev–Trinajstić information content (AvgIpc) is 2.87. The van der Waals surface area contributed by atoms with E-state index in [9.17, 15) is 9.59 Å². The first kappa shape index (κ1) is 17.7. The molecule has 134 valence electrons. The summed E-state index contributed by atoms with van der Waals surface area (Å²) in [6.07, 6.45) is 0. The number of carbonyl (C=O) groups excluding carboxylic acids is 2. The van der Waals surface area contributed by atoms with Gasteiger partial charge >= 0.3 is 0 Å². The molecule has 2 amide bonds. The highest BCUT2D eigenvalue weighted by atomic mass is 16.5. The fourth-order valence-electron chi connectivity index (χ4n) is 2.95. The number of nitrogens with zero attached hydrogens (tertiary/aromatic N) is 1. The van der Waals surface area contributed by atoms with Crippen LogP contribution in [0.1, 0.15) is 26.3 Å². The maximum Gasteiger partial charge on any atom is 0.278 e. The topological polar surface area (TPSA) is 58.6 Å². The Morgan fingerprint density at radius 2 is 1.62 bits per heavy atom. The Kier molecular flexibility index (Phi) is 5.07. The maximum absolute atomic E-state index is 12.9. The highest BCUT2D eigenvalue weighted by Gasteiger charge is 2.40. The van der Waals surface area contributed by atoms with Crippen molar-refractivity contribution in [2.75, 3.05) is 11.9 Å². The fourth-order valence-corrected chi connectivity index (χ4v) is 2.95. The SMILES string of the molecule is CCOc1ccc(C2=C(Nc3ccccc3)C(=O)N(C(C)C)C2=O)cc1. The van der Waals surface area contributed by atoms with Crippen LogP contribution in [0.15, 0.2) is 60.3 Å². The van der Waals surface area contributed by atoms with E-state index in [1.165, 1.54) is 4.90 Å². The van der Waals surface area contributed by atoms with Crippen LogP contribution in [0.4, 0.5) is 5.69 Å². The Morgan fingerprint density at radius 1 is 0.962 bits per heavy atom. The molecule has 0 radical (unpaired) electrons. The molecule has 1 aliphatic rings. The van der Waals surface area contributed by atoms with Crippen molar-refractivity contribution >= 4 is 23.1 Å². The third-order valence-electron chi connectivity index (χ3n) is 4.13. The Morgan fingerprint density at radius 3 is 2.19 bits per heavy atom. The molecule has 0 spiro atoms. The second-order valence-corrected chi connectivity index (χ2v) is 6.27. The van der Waals surface area contributed by atoms with E-state index in [0.717, 1.165) is 11.4 Å². The molecule has 0 saturated heterocycles. The number of amides is 2. The van der Waals surface area contributed by atoms with Crippen molar-refractivity contribution in [3.05, 3.63) is 65.9 Å². The zero-order chi connectivity index (χ0) is 18.7. The number of hydrogen-bond acceptors (Lipinski definition) is 4. The standard InChI is InChI=1S/C21H22N2O3/c1-4-26-17-12-10-15(11-13-17)18-19(22-16-8-6-5-7-9-16)21(25)23(14(2)3)20(18)24/h5-14,22H,4H2,1-3H3. The van der Waals surface area contributed by atoms with E-state index in [1.807, 2.05) is 75.4 Å². The minimum Gasteiger partial charge on any atom is -0.494 e. The minimum absolute atomic E-state index is 0.220. The molecule has 0 aliphatic carbocycles. The van der Waals surface area contributed by atoms with E-state index in [4.69, 9.17) is 4.74 Å². The van der Waals surface area contributed by atoms with E-state index in [0.29, 0.717) is 23.4 Å². The van der Waals surface area contributed by atoms with Gasteiger partial charge in [-0.1, -0.05) is 30.3 Å². The van der Waals surface area contributed by atoms with Crippen LogP contribution in [0.3, 0.4) is 0 Å². The Bertz CT molecular complexity index is 839. The monoisotopic (exact) mass is 350 g/mol. The number of nitrogens with one attached hydrogen (secondary N) is 1. The second kappa shape index (κ2) is 7.44. The number of para-hydroxylation sites is 1. The molecule has 0 unspecified atom stereocenters. The smallest absolute Gasteiger partial charge is 0.278 e. The van der Waals surface area contributed by atoms with Gasteiger partial charge in [0.05, 0.1) is 12.2 Å². The first-order valence-corrected chi connectivity index (χ1v) is 8.70. The minimum atomic E-state index is -0.308. The summed E-state index contributed by atoms with van der Waals surface area (Å²) in [5.41, 5.74) is 2.14. The average molecular weight is 350 g/mol. The van der Waals surface area contributed by atoms with Gasteiger partial charge in [-0.05, 0) is 50.6 Å². The molecule has 5 nitrogen and oxygen atoms in total. The van der Waals surface area contributed by atoms with Gasteiger partial charge in [0, 0.05) is 11.7 Å².